The Morgan fingerprint density at radius 1 is 1.28 bits per heavy atom. The zero-order valence-corrected chi connectivity index (χ0v) is 10.7. The summed E-state index contributed by atoms with van der Waals surface area (Å²) >= 11 is 0. The van der Waals surface area contributed by atoms with Crippen LogP contribution < -0.4 is 16.4 Å². The summed E-state index contributed by atoms with van der Waals surface area (Å²) < 4.78 is 0. The van der Waals surface area contributed by atoms with Crippen LogP contribution in [0.2, 0.25) is 0 Å². The highest BCUT2D eigenvalue weighted by atomic mass is 15.3. The third-order valence-electron chi connectivity index (χ3n) is 3.98. The van der Waals surface area contributed by atoms with Crippen LogP contribution in [0.25, 0.3) is 0 Å². The highest BCUT2D eigenvalue weighted by Gasteiger charge is 2.35. The Morgan fingerprint density at radius 2 is 2.11 bits per heavy atom. The van der Waals surface area contributed by atoms with Crippen LogP contribution in [0.15, 0.2) is 6.07 Å². The molecule has 1 aromatic rings. The number of fused-ring (bicyclic) bond motifs is 1. The lowest BCUT2D eigenvalue weighted by molar-refractivity contribution is 0.202. The van der Waals surface area contributed by atoms with Gasteiger partial charge in [-0.15, -0.1) is 0 Å². The second kappa shape index (κ2) is 4.28. The van der Waals surface area contributed by atoms with Crippen molar-refractivity contribution < 1.29 is 0 Å². The summed E-state index contributed by atoms with van der Waals surface area (Å²) in [7, 11) is 0. The van der Waals surface area contributed by atoms with Crippen LogP contribution in [0.5, 0.6) is 0 Å². The summed E-state index contributed by atoms with van der Waals surface area (Å²) in [4.78, 5) is 13.1. The fraction of sp³-hybridized carbons (Fsp3) is 0.667. The first-order chi connectivity index (χ1) is 8.63. The number of piperazine rings is 1. The van der Waals surface area contributed by atoms with Gasteiger partial charge in [-0.25, -0.2) is 0 Å². The summed E-state index contributed by atoms with van der Waals surface area (Å²) in [6.45, 7) is 5.56. The molecule has 0 spiro atoms. The molecule has 0 saturated carbocycles. The summed E-state index contributed by atoms with van der Waals surface area (Å²) in [5.41, 5.74) is 11.4. The maximum atomic E-state index is 5.75. The summed E-state index contributed by atoms with van der Waals surface area (Å²) in [6.07, 6.45) is 2.58. The van der Waals surface area contributed by atoms with Gasteiger partial charge in [0, 0.05) is 31.2 Å². The summed E-state index contributed by atoms with van der Waals surface area (Å²) in [6, 6.07) is 2.91. The molecule has 0 aromatic carbocycles. The molecule has 2 aliphatic heterocycles. The first-order valence-corrected chi connectivity index (χ1v) is 6.54. The van der Waals surface area contributed by atoms with E-state index in [0.29, 0.717) is 17.9 Å². The quantitative estimate of drug-likeness (QED) is 0.744. The average Bonchev–Trinajstić information content (AvgIpc) is 2.73. The van der Waals surface area contributed by atoms with E-state index < -0.39 is 0 Å². The van der Waals surface area contributed by atoms with Crippen LogP contribution in [0.4, 0.5) is 17.6 Å². The minimum absolute atomic E-state index is 0.256. The van der Waals surface area contributed by atoms with Crippen molar-refractivity contribution in [2.45, 2.75) is 31.8 Å². The fourth-order valence-corrected chi connectivity index (χ4v) is 3.13. The Balaban J connectivity index is 1.86. The highest BCUT2D eigenvalue weighted by Crippen LogP contribution is 2.28. The maximum absolute atomic E-state index is 5.75. The molecule has 2 atom stereocenters. The van der Waals surface area contributed by atoms with E-state index in [2.05, 4.69) is 26.7 Å². The van der Waals surface area contributed by atoms with Gasteiger partial charge in [0.05, 0.1) is 0 Å². The molecule has 18 heavy (non-hydrogen) atoms. The molecule has 3 heterocycles. The van der Waals surface area contributed by atoms with E-state index in [4.69, 9.17) is 11.5 Å². The van der Waals surface area contributed by atoms with Gasteiger partial charge in [0.1, 0.15) is 11.6 Å². The molecule has 1 aromatic heterocycles. The lowest BCUT2D eigenvalue weighted by Gasteiger charge is -2.43. The molecule has 2 unspecified atom stereocenters. The summed E-state index contributed by atoms with van der Waals surface area (Å²) in [5.74, 6) is 1.56. The molecule has 0 aliphatic carbocycles. The molecule has 2 fully saturated rings. The van der Waals surface area contributed by atoms with E-state index in [1.165, 1.54) is 19.4 Å². The van der Waals surface area contributed by atoms with E-state index in [-0.39, 0.29) is 5.95 Å². The van der Waals surface area contributed by atoms with Gasteiger partial charge in [0.2, 0.25) is 5.95 Å². The molecule has 6 nitrogen and oxygen atoms in total. The van der Waals surface area contributed by atoms with Gasteiger partial charge >= 0.3 is 0 Å². The van der Waals surface area contributed by atoms with Crippen LogP contribution in [-0.2, 0) is 0 Å². The molecule has 98 valence electrons. The Hall–Kier alpha value is -1.56. The lowest BCUT2D eigenvalue weighted by atomic mass is 10.1. The smallest absolute Gasteiger partial charge is 0.223 e. The zero-order chi connectivity index (χ0) is 12.7. The summed E-state index contributed by atoms with van der Waals surface area (Å²) in [5, 5.41) is 0. The van der Waals surface area contributed by atoms with Crippen LogP contribution in [-0.4, -0.2) is 46.6 Å². The molecule has 0 radical (unpaired) electrons. The second-order valence-electron chi connectivity index (χ2n) is 5.30. The first kappa shape index (κ1) is 11.5. The standard InChI is InChI=1S/C12H20N6/c1-8-6-17-4-2-3-9(17)7-18(8)11-5-10(13)15-12(14)16-11/h5,8-9H,2-4,6-7H2,1H3,(H4,13,14,15,16). The molecule has 0 bridgehead atoms. The van der Waals surface area contributed by atoms with Crippen molar-refractivity contribution in [3.8, 4) is 0 Å². The number of hydrogen-bond acceptors (Lipinski definition) is 6. The number of nitrogens with two attached hydrogens (primary N) is 2. The molecule has 6 heteroatoms. The zero-order valence-electron chi connectivity index (χ0n) is 10.7. The van der Waals surface area contributed by atoms with Crippen molar-refractivity contribution in [3.05, 3.63) is 6.07 Å². The number of anilines is 3. The first-order valence-electron chi connectivity index (χ1n) is 6.54. The Bertz CT molecular complexity index is 428. The number of nitrogen functional groups attached to an aromatic ring is 2. The molecule has 0 amide bonds. The fourth-order valence-electron chi connectivity index (χ4n) is 3.13. The van der Waals surface area contributed by atoms with Crippen molar-refractivity contribution in [1.82, 2.24) is 14.9 Å². The minimum Gasteiger partial charge on any atom is -0.383 e. The molecular formula is C12H20N6. The van der Waals surface area contributed by atoms with Crippen molar-refractivity contribution in [1.29, 1.82) is 0 Å². The van der Waals surface area contributed by atoms with Gasteiger partial charge in [0.15, 0.2) is 0 Å². The Labute approximate surface area is 107 Å². The third-order valence-corrected chi connectivity index (χ3v) is 3.98. The van der Waals surface area contributed by atoms with E-state index in [1.807, 2.05) is 6.07 Å². The normalized spacial score (nSPS) is 28.4. The van der Waals surface area contributed by atoms with E-state index >= 15 is 0 Å². The van der Waals surface area contributed by atoms with Crippen molar-refractivity contribution in [2.75, 3.05) is 36.0 Å². The van der Waals surface area contributed by atoms with Gasteiger partial charge in [0.25, 0.3) is 0 Å². The molecule has 3 rings (SSSR count). The SMILES string of the molecule is CC1CN2CCCC2CN1c1cc(N)nc(N)n1. The highest BCUT2D eigenvalue weighted by molar-refractivity contribution is 5.51. The van der Waals surface area contributed by atoms with Gasteiger partial charge in [-0.2, -0.15) is 9.97 Å². The molecule has 4 N–H and O–H groups in total. The number of aromatic nitrogens is 2. The van der Waals surface area contributed by atoms with Crippen LogP contribution >= 0.6 is 0 Å². The van der Waals surface area contributed by atoms with E-state index in [1.54, 1.807) is 0 Å². The predicted molar refractivity (Wildman–Crippen MR) is 72.3 cm³/mol. The number of hydrogen-bond donors (Lipinski definition) is 2. The van der Waals surface area contributed by atoms with Gasteiger partial charge in [-0.3, -0.25) is 4.90 Å². The largest absolute Gasteiger partial charge is 0.383 e. The van der Waals surface area contributed by atoms with Crippen LogP contribution in [0.1, 0.15) is 19.8 Å². The molecule has 2 aliphatic rings. The predicted octanol–water partition coefficient (Wildman–Crippen LogP) is 0.314. The van der Waals surface area contributed by atoms with E-state index in [9.17, 15) is 0 Å². The lowest BCUT2D eigenvalue weighted by Crippen LogP contribution is -2.55. The van der Waals surface area contributed by atoms with Gasteiger partial charge in [-0.05, 0) is 26.3 Å². The van der Waals surface area contributed by atoms with Gasteiger partial charge < -0.3 is 16.4 Å². The van der Waals surface area contributed by atoms with Crippen molar-refractivity contribution in [2.24, 2.45) is 0 Å². The molecule has 2 saturated heterocycles. The van der Waals surface area contributed by atoms with Crippen LogP contribution in [0, 0.1) is 0 Å². The van der Waals surface area contributed by atoms with E-state index in [0.717, 1.165) is 18.9 Å². The van der Waals surface area contributed by atoms with Crippen LogP contribution in [0.3, 0.4) is 0 Å². The maximum Gasteiger partial charge on any atom is 0.223 e. The monoisotopic (exact) mass is 248 g/mol. The van der Waals surface area contributed by atoms with Crippen molar-refractivity contribution in [3.63, 3.8) is 0 Å². The molecular weight excluding hydrogens is 228 g/mol. The van der Waals surface area contributed by atoms with Crippen molar-refractivity contribution >= 4 is 17.6 Å². The second-order valence-corrected chi connectivity index (χ2v) is 5.30. The van der Waals surface area contributed by atoms with Gasteiger partial charge in [-0.1, -0.05) is 0 Å². The topological polar surface area (TPSA) is 84.3 Å². The number of nitrogens with zero attached hydrogens (tertiary/aromatic N) is 4. The minimum atomic E-state index is 0.256. The number of rotatable bonds is 1. The third kappa shape index (κ3) is 1.96. The Kier molecular flexibility index (Phi) is 2.74. The average molecular weight is 248 g/mol. The Morgan fingerprint density at radius 3 is 2.89 bits per heavy atom.